The van der Waals surface area contributed by atoms with Gasteiger partial charge in [0.1, 0.15) is 11.8 Å². The van der Waals surface area contributed by atoms with Gasteiger partial charge in [-0.2, -0.15) is 0 Å². The Morgan fingerprint density at radius 1 is 1.12 bits per heavy atom. The lowest BCUT2D eigenvalue weighted by molar-refractivity contribution is -0.118. The normalized spacial score (nSPS) is 13.1. The van der Waals surface area contributed by atoms with Crippen molar-refractivity contribution in [2.75, 3.05) is 26.1 Å². The van der Waals surface area contributed by atoms with Gasteiger partial charge in [0.15, 0.2) is 0 Å². The maximum Gasteiger partial charge on any atom is 0.246 e. The molecule has 0 radical (unpaired) electrons. The average Bonchev–Trinajstić information content (AvgIpc) is 2.61. The largest absolute Gasteiger partial charge is 0.495 e. The van der Waals surface area contributed by atoms with Crippen molar-refractivity contribution < 1.29 is 14.3 Å². The summed E-state index contributed by atoms with van der Waals surface area (Å²) in [6, 6.07) is 14.9. The number of benzene rings is 2. The van der Waals surface area contributed by atoms with Crippen LogP contribution < -0.4 is 15.4 Å². The first-order valence-corrected chi connectivity index (χ1v) is 8.30. The zero-order chi connectivity index (χ0) is 18.2. The third kappa shape index (κ3) is 5.31. The minimum absolute atomic E-state index is 0.0281. The van der Waals surface area contributed by atoms with E-state index in [4.69, 9.17) is 9.47 Å². The third-order valence-corrected chi connectivity index (χ3v) is 3.88. The number of hydrogen-bond donors (Lipinski definition) is 2. The van der Waals surface area contributed by atoms with E-state index in [0.29, 0.717) is 18.0 Å². The lowest BCUT2D eigenvalue weighted by atomic mass is 10.0. The Morgan fingerprint density at radius 3 is 2.48 bits per heavy atom. The highest BCUT2D eigenvalue weighted by Gasteiger charge is 2.23. The molecule has 134 valence electrons. The first-order chi connectivity index (χ1) is 12.0. The summed E-state index contributed by atoms with van der Waals surface area (Å²) in [5, 5.41) is 6.31. The summed E-state index contributed by atoms with van der Waals surface area (Å²) in [6.45, 7) is 4.48. The Kier molecular flexibility index (Phi) is 6.98. The van der Waals surface area contributed by atoms with Crippen LogP contribution in [0.3, 0.4) is 0 Å². The molecule has 2 aromatic carbocycles. The van der Waals surface area contributed by atoms with Crippen LogP contribution in [0.2, 0.25) is 0 Å². The number of hydrogen-bond acceptors (Lipinski definition) is 4. The monoisotopic (exact) mass is 342 g/mol. The molecule has 0 unspecified atom stereocenters. The molecule has 25 heavy (non-hydrogen) atoms. The van der Waals surface area contributed by atoms with Crippen LogP contribution >= 0.6 is 0 Å². The van der Waals surface area contributed by atoms with Gasteiger partial charge < -0.3 is 14.8 Å². The summed E-state index contributed by atoms with van der Waals surface area (Å²) in [5.41, 5.74) is 2.61. The SMILES string of the molecule is COC[C@@H](C)N[C@H](C(=O)Nc1cc(C)ccc1OC)c1ccccc1. The highest BCUT2D eigenvalue weighted by Crippen LogP contribution is 2.26. The molecular weight excluding hydrogens is 316 g/mol. The summed E-state index contributed by atoms with van der Waals surface area (Å²) >= 11 is 0. The summed E-state index contributed by atoms with van der Waals surface area (Å²) in [7, 11) is 3.24. The van der Waals surface area contributed by atoms with Crippen molar-refractivity contribution >= 4 is 11.6 Å². The predicted molar refractivity (Wildman–Crippen MR) is 100 cm³/mol. The van der Waals surface area contributed by atoms with Crippen molar-refractivity contribution in [2.45, 2.75) is 25.9 Å². The van der Waals surface area contributed by atoms with E-state index in [-0.39, 0.29) is 11.9 Å². The third-order valence-electron chi connectivity index (χ3n) is 3.88. The van der Waals surface area contributed by atoms with E-state index < -0.39 is 6.04 Å². The number of nitrogens with one attached hydrogen (secondary N) is 2. The quantitative estimate of drug-likeness (QED) is 0.773. The Balaban J connectivity index is 2.25. The van der Waals surface area contributed by atoms with Gasteiger partial charge in [-0.1, -0.05) is 36.4 Å². The number of ether oxygens (including phenoxy) is 2. The summed E-state index contributed by atoms with van der Waals surface area (Å²) in [6.07, 6.45) is 0. The molecule has 2 aromatic rings. The molecule has 5 heteroatoms. The molecule has 0 aliphatic heterocycles. The van der Waals surface area contributed by atoms with E-state index in [1.807, 2.05) is 62.4 Å². The fourth-order valence-corrected chi connectivity index (χ4v) is 2.68. The van der Waals surface area contributed by atoms with Crippen LogP contribution in [0.15, 0.2) is 48.5 Å². The molecule has 0 bridgehead atoms. The van der Waals surface area contributed by atoms with Crippen LogP contribution in [0.4, 0.5) is 5.69 Å². The van der Waals surface area contributed by atoms with Crippen molar-refractivity contribution in [1.82, 2.24) is 5.32 Å². The number of aryl methyl sites for hydroxylation is 1. The lowest BCUT2D eigenvalue weighted by Crippen LogP contribution is -2.40. The molecule has 0 saturated heterocycles. The summed E-state index contributed by atoms with van der Waals surface area (Å²) in [4.78, 5) is 13.0. The van der Waals surface area contributed by atoms with Gasteiger partial charge in [-0.25, -0.2) is 0 Å². The molecular formula is C20H26N2O3. The van der Waals surface area contributed by atoms with Gasteiger partial charge in [-0.05, 0) is 37.1 Å². The van der Waals surface area contributed by atoms with E-state index >= 15 is 0 Å². The van der Waals surface area contributed by atoms with Crippen LogP contribution in [-0.4, -0.2) is 32.8 Å². The standard InChI is InChI=1S/C20H26N2O3/c1-14-10-11-18(25-4)17(12-14)22-20(23)19(21-15(2)13-24-3)16-8-6-5-7-9-16/h5-12,15,19,21H,13H2,1-4H3,(H,22,23)/t15-,19+/m1/s1. The van der Waals surface area contributed by atoms with Crippen molar-refractivity contribution in [2.24, 2.45) is 0 Å². The molecule has 0 saturated carbocycles. The lowest BCUT2D eigenvalue weighted by Gasteiger charge is -2.23. The molecule has 0 spiro atoms. The van der Waals surface area contributed by atoms with Gasteiger partial charge in [0.25, 0.3) is 0 Å². The molecule has 1 amide bonds. The van der Waals surface area contributed by atoms with E-state index in [0.717, 1.165) is 11.1 Å². The molecule has 0 aromatic heterocycles. The molecule has 0 aliphatic rings. The smallest absolute Gasteiger partial charge is 0.246 e. The molecule has 2 rings (SSSR count). The Hall–Kier alpha value is -2.37. The van der Waals surface area contributed by atoms with Crippen molar-refractivity contribution in [3.8, 4) is 5.75 Å². The van der Waals surface area contributed by atoms with Crippen molar-refractivity contribution in [3.05, 3.63) is 59.7 Å². The van der Waals surface area contributed by atoms with E-state index in [1.165, 1.54) is 0 Å². The highest BCUT2D eigenvalue weighted by molar-refractivity contribution is 5.96. The molecule has 5 nitrogen and oxygen atoms in total. The van der Waals surface area contributed by atoms with Crippen LogP contribution in [0.5, 0.6) is 5.75 Å². The Bertz CT molecular complexity index is 689. The number of anilines is 1. The second kappa shape index (κ2) is 9.20. The molecule has 0 aliphatic carbocycles. The second-order valence-electron chi connectivity index (χ2n) is 6.06. The van der Waals surface area contributed by atoms with Gasteiger partial charge in [-0.3, -0.25) is 10.1 Å². The minimum Gasteiger partial charge on any atom is -0.495 e. The fraction of sp³-hybridized carbons (Fsp3) is 0.350. The van der Waals surface area contributed by atoms with Crippen LogP contribution in [-0.2, 0) is 9.53 Å². The average molecular weight is 342 g/mol. The Morgan fingerprint density at radius 2 is 1.84 bits per heavy atom. The second-order valence-corrected chi connectivity index (χ2v) is 6.06. The van der Waals surface area contributed by atoms with E-state index in [9.17, 15) is 4.79 Å². The number of rotatable bonds is 8. The van der Waals surface area contributed by atoms with E-state index in [2.05, 4.69) is 10.6 Å². The zero-order valence-electron chi connectivity index (χ0n) is 15.2. The first kappa shape index (κ1) is 19.0. The molecule has 0 fully saturated rings. The van der Waals surface area contributed by atoms with Crippen molar-refractivity contribution in [1.29, 1.82) is 0 Å². The number of amides is 1. The zero-order valence-corrected chi connectivity index (χ0v) is 15.2. The molecule has 0 heterocycles. The minimum atomic E-state index is -0.489. The van der Waals surface area contributed by atoms with Gasteiger partial charge in [-0.15, -0.1) is 0 Å². The van der Waals surface area contributed by atoms with E-state index in [1.54, 1.807) is 14.2 Å². The van der Waals surface area contributed by atoms with Gasteiger partial charge in [0.05, 0.1) is 19.4 Å². The Labute approximate surface area is 149 Å². The van der Waals surface area contributed by atoms with Gasteiger partial charge in [0, 0.05) is 13.2 Å². The maximum atomic E-state index is 13.0. The first-order valence-electron chi connectivity index (χ1n) is 8.30. The van der Waals surface area contributed by atoms with Gasteiger partial charge >= 0.3 is 0 Å². The summed E-state index contributed by atoms with van der Waals surface area (Å²) in [5.74, 6) is 0.494. The maximum absolute atomic E-state index is 13.0. The number of methoxy groups -OCH3 is 2. The molecule has 2 N–H and O–H groups in total. The van der Waals surface area contributed by atoms with Crippen LogP contribution in [0.1, 0.15) is 24.1 Å². The fourth-order valence-electron chi connectivity index (χ4n) is 2.68. The van der Waals surface area contributed by atoms with Crippen LogP contribution in [0, 0.1) is 6.92 Å². The topological polar surface area (TPSA) is 59.6 Å². The van der Waals surface area contributed by atoms with Crippen molar-refractivity contribution in [3.63, 3.8) is 0 Å². The predicted octanol–water partition coefficient (Wildman–Crippen LogP) is 3.31. The summed E-state index contributed by atoms with van der Waals surface area (Å²) < 4.78 is 10.5. The highest BCUT2D eigenvalue weighted by atomic mass is 16.5. The number of carbonyl (C=O) groups excluding carboxylic acids is 1. The molecule has 2 atom stereocenters. The van der Waals surface area contributed by atoms with Gasteiger partial charge in [0.2, 0.25) is 5.91 Å². The van der Waals surface area contributed by atoms with Crippen LogP contribution in [0.25, 0.3) is 0 Å². The number of carbonyl (C=O) groups is 1.